The molecule has 3 rings (SSSR count). The molecule has 0 unspecified atom stereocenters. The Kier molecular flexibility index (Phi) is 3.53. The minimum Gasteiger partial charge on any atom is -0.325 e. The minimum atomic E-state index is 0.132. The zero-order valence-electron chi connectivity index (χ0n) is 12.8. The number of nitrogens with zero attached hydrogens (tertiary/aromatic N) is 3. The van der Waals surface area contributed by atoms with Crippen LogP contribution in [0.1, 0.15) is 38.1 Å². The van der Waals surface area contributed by atoms with Gasteiger partial charge in [-0.15, -0.1) is 0 Å². The molecule has 0 bridgehead atoms. The molecule has 21 heavy (non-hydrogen) atoms. The summed E-state index contributed by atoms with van der Waals surface area (Å²) in [6, 6.07) is 8.39. The third-order valence-corrected chi connectivity index (χ3v) is 4.05. The van der Waals surface area contributed by atoms with Crippen molar-refractivity contribution in [3.8, 4) is 0 Å². The number of para-hydroxylation sites is 1. The summed E-state index contributed by atoms with van der Waals surface area (Å²) in [7, 11) is 0. The van der Waals surface area contributed by atoms with Crippen LogP contribution in [0.15, 0.2) is 36.7 Å². The van der Waals surface area contributed by atoms with E-state index in [1.807, 2.05) is 33.9 Å². The van der Waals surface area contributed by atoms with Crippen LogP contribution in [0.5, 0.6) is 0 Å². The van der Waals surface area contributed by atoms with E-state index in [0.717, 1.165) is 17.9 Å². The van der Waals surface area contributed by atoms with Gasteiger partial charge in [-0.25, -0.2) is 4.98 Å². The molecule has 4 nitrogen and oxygen atoms in total. The van der Waals surface area contributed by atoms with E-state index < -0.39 is 0 Å². The van der Waals surface area contributed by atoms with Crippen LogP contribution in [-0.2, 0) is 17.8 Å². The Balaban J connectivity index is 1.84. The maximum absolute atomic E-state index is 12.7. The van der Waals surface area contributed by atoms with Crippen molar-refractivity contribution >= 4 is 11.6 Å². The van der Waals surface area contributed by atoms with E-state index in [1.54, 1.807) is 6.20 Å². The van der Waals surface area contributed by atoms with E-state index in [0.29, 0.717) is 12.5 Å². The fraction of sp³-hybridized carbons (Fsp3) is 0.412. The average molecular weight is 283 g/mol. The van der Waals surface area contributed by atoms with Gasteiger partial charge in [-0.1, -0.05) is 32.0 Å². The lowest BCUT2D eigenvalue weighted by molar-refractivity contribution is -0.119. The van der Waals surface area contributed by atoms with Gasteiger partial charge in [0.2, 0.25) is 5.91 Å². The number of carbonyl (C=O) groups excluding carboxylic acids is 1. The second-order valence-corrected chi connectivity index (χ2v) is 6.01. The Morgan fingerprint density at radius 2 is 2.14 bits per heavy atom. The first-order chi connectivity index (χ1) is 10.1. The standard InChI is InChI=1S/C17H21N3O/c1-12(2)17-18-8-9-19(17)11-16(21)20-13(3)10-14-6-4-5-7-15(14)20/h4-9,12-13H,10-11H2,1-3H3/t13-/m0/s1. The molecule has 1 aliphatic heterocycles. The molecule has 1 aromatic carbocycles. The number of carbonyl (C=O) groups is 1. The van der Waals surface area contributed by atoms with Crippen LogP contribution in [-0.4, -0.2) is 21.5 Å². The van der Waals surface area contributed by atoms with Gasteiger partial charge in [-0.3, -0.25) is 4.79 Å². The summed E-state index contributed by atoms with van der Waals surface area (Å²) in [6.45, 7) is 6.65. The molecular weight excluding hydrogens is 262 g/mol. The highest BCUT2D eigenvalue weighted by molar-refractivity contribution is 5.96. The molecule has 1 amide bonds. The van der Waals surface area contributed by atoms with E-state index in [9.17, 15) is 4.79 Å². The first kappa shape index (κ1) is 13.9. The van der Waals surface area contributed by atoms with Crippen LogP contribution >= 0.6 is 0 Å². The first-order valence-corrected chi connectivity index (χ1v) is 7.49. The molecule has 0 radical (unpaired) electrons. The number of aromatic nitrogens is 2. The third-order valence-electron chi connectivity index (χ3n) is 4.05. The summed E-state index contributed by atoms with van der Waals surface area (Å²) in [5.74, 6) is 1.41. The Labute approximate surface area is 125 Å². The second kappa shape index (κ2) is 5.35. The van der Waals surface area contributed by atoms with Crippen molar-refractivity contribution in [3.05, 3.63) is 48.0 Å². The predicted octanol–water partition coefficient (Wildman–Crippen LogP) is 2.98. The molecule has 4 heteroatoms. The molecule has 0 saturated carbocycles. The van der Waals surface area contributed by atoms with Gasteiger partial charge in [0.25, 0.3) is 0 Å². The predicted molar refractivity (Wildman–Crippen MR) is 83.4 cm³/mol. The number of benzene rings is 1. The molecule has 0 fully saturated rings. The quantitative estimate of drug-likeness (QED) is 0.868. The number of hydrogen-bond acceptors (Lipinski definition) is 2. The summed E-state index contributed by atoms with van der Waals surface area (Å²) >= 11 is 0. The maximum Gasteiger partial charge on any atom is 0.247 e. The Bertz CT molecular complexity index is 660. The number of hydrogen-bond donors (Lipinski definition) is 0. The zero-order chi connectivity index (χ0) is 15.0. The lowest BCUT2D eigenvalue weighted by Crippen LogP contribution is -2.38. The van der Waals surface area contributed by atoms with Crippen LogP contribution in [0.2, 0.25) is 0 Å². The van der Waals surface area contributed by atoms with Crippen molar-refractivity contribution in [3.63, 3.8) is 0 Å². The van der Waals surface area contributed by atoms with Crippen LogP contribution in [0.3, 0.4) is 0 Å². The van der Waals surface area contributed by atoms with E-state index in [4.69, 9.17) is 0 Å². The maximum atomic E-state index is 12.7. The lowest BCUT2D eigenvalue weighted by atomic mass is 10.1. The van der Waals surface area contributed by atoms with Gasteiger partial charge >= 0.3 is 0 Å². The highest BCUT2D eigenvalue weighted by Gasteiger charge is 2.30. The van der Waals surface area contributed by atoms with Crippen LogP contribution in [0.25, 0.3) is 0 Å². The van der Waals surface area contributed by atoms with Crippen molar-refractivity contribution < 1.29 is 4.79 Å². The topological polar surface area (TPSA) is 38.1 Å². The molecule has 2 heterocycles. The summed E-state index contributed by atoms with van der Waals surface area (Å²) in [5.41, 5.74) is 2.31. The van der Waals surface area contributed by atoms with Crippen molar-refractivity contribution in [2.24, 2.45) is 0 Å². The van der Waals surface area contributed by atoms with Gasteiger partial charge in [0.05, 0.1) is 0 Å². The zero-order valence-corrected chi connectivity index (χ0v) is 12.8. The van der Waals surface area contributed by atoms with Crippen LogP contribution < -0.4 is 4.90 Å². The van der Waals surface area contributed by atoms with Gasteiger partial charge < -0.3 is 9.47 Å². The molecular formula is C17H21N3O. The van der Waals surface area contributed by atoms with Gasteiger partial charge in [-0.05, 0) is 25.0 Å². The van der Waals surface area contributed by atoms with Crippen LogP contribution in [0.4, 0.5) is 5.69 Å². The van der Waals surface area contributed by atoms with Crippen molar-refractivity contribution in [2.75, 3.05) is 4.90 Å². The minimum absolute atomic E-state index is 0.132. The van der Waals surface area contributed by atoms with E-state index in [2.05, 4.69) is 31.8 Å². The highest BCUT2D eigenvalue weighted by atomic mass is 16.2. The lowest BCUT2D eigenvalue weighted by Gasteiger charge is -2.23. The fourth-order valence-electron chi connectivity index (χ4n) is 3.12. The highest BCUT2D eigenvalue weighted by Crippen LogP contribution is 2.32. The van der Waals surface area contributed by atoms with Gasteiger partial charge in [0.1, 0.15) is 12.4 Å². The van der Waals surface area contributed by atoms with Gasteiger partial charge in [0.15, 0.2) is 0 Å². The smallest absolute Gasteiger partial charge is 0.247 e. The van der Waals surface area contributed by atoms with E-state index in [1.165, 1.54) is 5.56 Å². The molecule has 110 valence electrons. The number of anilines is 1. The van der Waals surface area contributed by atoms with Crippen molar-refractivity contribution in [1.29, 1.82) is 0 Å². The van der Waals surface area contributed by atoms with Crippen molar-refractivity contribution in [1.82, 2.24) is 9.55 Å². The molecule has 0 spiro atoms. The molecule has 2 aromatic rings. The molecule has 1 aliphatic rings. The summed E-state index contributed by atoms with van der Waals surface area (Å²) in [5, 5.41) is 0. The molecule has 1 atom stereocenters. The van der Waals surface area contributed by atoms with Crippen molar-refractivity contribution in [2.45, 2.75) is 45.7 Å². The molecule has 0 saturated heterocycles. The number of imidazole rings is 1. The Morgan fingerprint density at radius 1 is 1.38 bits per heavy atom. The third kappa shape index (κ3) is 2.46. The summed E-state index contributed by atoms with van der Waals surface area (Å²) < 4.78 is 1.96. The summed E-state index contributed by atoms with van der Waals surface area (Å²) in [6.07, 6.45) is 4.59. The number of amides is 1. The van der Waals surface area contributed by atoms with Gasteiger partial charge in [-0.2, -0.15) is 0 Å². The monoisotopic (exact) mass is 283 g/mol. The Hall–Kier alpha value is -2.10. The number of rotatable bonds is 3. The Morgan fingerprint density at radius 3 is 2.90 bits per heavy atom. The largest absolute Gasteiger partial charge is 0.325 e. The number of fused-ring (bicyclic) bond motifs is 1. The SMILES string of the molecule is CC(C)c1nccn1CC(=O)N1c2ccccc2C[C@@H]1C. The fourth-order valence-corrected chi connectivity index (χ4v) is 3.12. The van der Waals surface area contributed by atoms with Gasteiger partial charge in [0, 0.05) is 30.0 Å². The second-order valence-electron chi connectivity index (χ2n) is 6.01. The average Bonchev–Trinajstić information content (AvgIpc) is 3.01. The summed E-state index contributed by atoms with van der Waals surface area (Å²) in [4.78, 5) is 19.0. The van der Waals surface area contributed by atoms with E-state index >= 15 is 0 Å². The van der Waals surface area contributed by atoms with Crippen LogP contribution in [0, 0.1) is 0 Å². The molecule has 1 aromatic heterocycles. The molecule has 0 N–H and O–H groups in total. The molecule has 0 aliphatic carbocycles. The normalized spacial score (nSPS) is 17.3. The van der Waals surface area contributed by atoms with E-state index in [-0.39, 0.29) is 11.9 Å². The first-order valence-electron chi connectivity index (χ1n) is 7.49.